The number of hydrogen-bond donors (Lipinski definition) is 2. The van der Waals surface area contributed by atoms with Crippen molar-refractivity contribution in [3.63, 3.8) is 0 Å². The van der Waals surface area contributed by atoms with Crippen LogP contribution in [0.3, 0.4) is 0 Å². The number of hydrogen-bond acceptors (Lipinski definition) is 3. The van der Waals surface area contributed by atoms with Gasteiger partial charge in [-0.25, -0.2) is 0 Å². The molecule has 132 valence electrons. The number of aromatic nitrogens is 1. The smallest absolute Gasteiger partial charge is 0.257 e. The fourth-order valence-electron chi connectivity index (χ4n) is 2.82. The van der Waals surface area contributed by atoms with Crippen LogP contribution in [0.15, 0.2) is 60.9 Å². The number of pyridine rings is 1. The van der Waals surface area contributed by atoms with Crippen LogP contribution in [0, 0.1) is 13.8 Å². The molecule has 1 heterocycles. The Hall–Kier alpha value is -3.14. The SMILES string of the molecule is CCc1ccc(NC(=O)c2cncc(Nc3c(C)cccc3C)c2)cc1. The molecule has 0 radical (unpaired) electrons. The molecular weight excluding hydrogens is 322 g/mol. The van der Waals surface area contributed by atoms with Crippen LogP contribution in [0.5, 0.6) is 0 Å². The number of amides is 1. The van der Waals surface area contributed by atoms with Crippen LogP contribution in [0.25, 0.3) is 0 Å². The first-order chi connectivity index (χ1) is 12.6. The van der Waals surface area contributed by atoms with E-state index >= 15 is 0 Å². The first kappa shape index (κ1) is 17.7. The Morgan fingerprint density at radius 2 is 1.65 bits per heavy atom. The average molecular weight is 345 g/mol. The molecule has 2 N–H and O–H groups in total. The molecule has 3 rings (SSSR count). The number of aryl methyl sites for hydroxylation is 3. The highest BCUT2D eigenvalue weighted by molar-refractivity contribution is 6.04. The van der Waals surface area contributed by atoms with Crippen LogP contribution >= 0.6 is 0 Å². The maximum absolute atomic E-state index is 12.5. The lowest BCUT2D eigenvalue weighted by molar-refractivity contribution is 0.102. The lowest BCUT2D eigenvalue weighted by Crippen LogP contribution is -2.12. The minimum atomic E-state index is -0.174. The van der Waals surface area contributed by atoms with E-state index in [1.807, 2.05) is 36.4 Å². The number of anilines is 3. The molecule has 0 aliphatic heterocycles. The molecule has 0 aliphatic carbocycles. The molecule has 4 heteroatoms. The minimum absolute atomic E-state index is 0.174. The fourth-order valence-corrected chi connectivity index (χ4v) is 2.82. The zero-order valence-electron chi connectivity index (χ0n) is 15.3. The fraction of sp³-hybridized carbons (Fsp3) is 0.182. The van der Waals surface area contributed by atoms with Crippen LogP contribution in [0.4, 0.5) is 17.1 Å². The molecule has 2 aromatic carbocycles. The van der Waals surface area contributed by atoms with Crippen molar-refractivity contribution in [2.45, 2.75) is 27.2 Å². The van der Waals surface area contributed by atoms with E-state index in [0.717, 1.165) is 34.6 Å². The molecule has 0 unspecified atom stereocenters. The van der Waals surface area contributed by atoms with Crippen molar-refractivity contribution in [1.29, 1.82) is 0 Å². The second-order valence-corrected chi connectivity index (χ2v) is 6.36. The summed E-state index contributed by atoms with van der Waals surface area (Å²) in [6.07, 6.45) is 4.27. The number of rotatable bonds is 5. The Morgan fingerprint density at radius 1 is 0.962 bits per heavy atom. The normalized spacial score (nSPS) is 10.4. The molecular formula is C22H23N3O. The van der Waals surface area contributed by atoms with E-state index in [2.05, 4.69) is 48.5 Å². The van der Waals surface area contributed by atoms with Gasteiger partial charge in [0.2, 0.25) is 0 Å². The summed E-state index contributed by atoms with van der Waals surface area (Å²) in [5.74, 6) is -0.174. The van der Waals surface area contributed by atoms with Crippen LogP contribution < -0.4 is 10.6 Å². The second kappa shape index (κ2) is 7.83. The standard InChI is InChI=1S/C22H23N3O/c1-4-17-8-10-19(11-9-17)25-22(26)18-12-20(14-23-13-18)24-21-15(2)6-5-7-16(21)3/h5-14,24H,4H2,1-3H3,(H,25,26). The minimum Gasteiger partial charge on any atom is -0.354 e. The second-order valence-electron chi connectivity index (χ2n) is 6.36. The maximum atomic E-state index is 12.5. The molecule has 3 aromatic rings. The van der Waals surface area contributed by atoms with Crippen molar-refractivity contribution in [3.05, 3.63) is 83.2 Å². The van der Waals surface area contributed by atoms with E-state index in [-0.39, 0.29) is 5.91 Å². The predicted molar refractivity (Wildman–Crippen MR) is 107 cm³/mol. The summed E-state index contributed by atoms with van der Waals surface area (Å²) in [5, 5.41) is 6.29. The molecule has 0 aliphatic rings. The summed E-state index contributed by atoms with van der Waals surface area (Å²) in [7, 11) is 0. The van der Waals surface area contributed by atoms with Crippen molar-refractivity contribution in [2.75, 3.05) is 10.6 Å². The summed E-state index contributed by atoms with van der Waals surface area (Å²) in [5.41, 5.74) is 6.66. The van der Waals surface area contributed by atoms with E-state index in [1.54, 1.807) is 12.4 Å². The number of benzene rings is 2. The topological polar surface area (TPSA) is 54.0 Å². The predicted octanol–water partition coefficient (Wildman–Crippen LogP) is 5.26. The van der Waals surface area contributed by atoms with E-state index < -0.39 is 0 Å². The van der Waals surface area contributed by atoms with Gasteiger partial charge in [0.1, 0.15) is 0 Å². The maximum Gasteiger partial charge on any atom is 0.257 e. The number of carbonyl (C=O) groups is 1. The number of nitrogens with one attached hydrogen (secondary N) is 2. The summed E-state index contributed by atoms with van der Waals surface area (Å²) in [6.45, 7) is 6.21. The largest absolute Gasteiger partial charge is 0.354 e. The highest BCUT2D eigenvalue weighted by atomic mass is 16.1. The van der Waals surface area contributed by atoms with Gasteiger partial charge in [0.25, 0.3) is 5.91 Å². The molecule has 1 amide bonds. The van der Waals surface area contributed by atoms with E-state index in [1.165, 1.54) is 5.56 Å². The lowest BCUT2D eigenvalue weighted by Gasteiger charge is -2.13. The van der Waals surface area contributed by atoms with Gasteiger partial charge in [0.15, 0.2) is 0 Å². The van der Waals surface area contributed by atoms with Crippen LogP contribution in [0.2, 0.25) is 0 Å². The molecule has 0 bridgehead atoms. The number of carbonyl (C=O) groups excluding carboxylic acids is 1. The van der Waals surface area contributed by atoms with Crippen LogP contribution in [-0.2, 0) is 6.42 Å². The van der Waals surface area contributed by atoms with Crippen molar-refractivity contribution in [2.24, 2.45) is 0 Å². The van der Waals surface area contributed by atoms with Gasteiger partial charge in [-0.05, 0) is 55.2 Å². The Morgan fingerprint density at radius 3 is 2.31 bits per heavy atom. The molecule has 0 fully saturated rings. The van der Waals surface area contributed by atoms with Crippen molar-refractivity contribution in [1.82, 2.24) is 4.98 Å². The van der Waals surface area contributed by atoms with Gasteiger partial charge in [-0.1, -0.05) is 37.3 Å². The first-order valence-corrected chi connectivity index (χ1v) is 8.75. The highest BCUT2D eigenvalue weighted by Crippen LogP contribution is 2.24. The average Bonchev–Trinajstić information content (AvgIpc) is 2.66. The van der Waals surface area contributed by atoms with Crippen LogP contribution in [0.1, 0.15) is 34.0 Å². The van der Waals surface area contributed by atoms with Gasteiger partial charge in [0.05, 0.1) is 17.4 Å². The molecule has 0 spiro atoms. The molecule has 0 saturated heterocycles. The molecule has 0 atom stereocenters. The third-order valence-corrected chi connectivity index (χ3v) is 4.37. The Labute approximate surface area is 154 Å². The quantitative estimate of drug-likeness (QED) is 0.663. The van der Waals surface area contributed by atoms with Gasteiger partial charge in [-0.3, -0.25) is 9.78 Å². The van der Waals surface area contributed by atoms with Crippen molar-refractivity contribution < 1.29 is 4.79 Å². The zero-order chi connectivity index (χ0) is 18.5. The number of nitrogens with zero attached hydrogens (tertiary/aromatic N) is 1. The van der Waals surface area contributed by atoms with Gasteiger partial charge < -0.3 is 10.6 Å². The Bertz CT molecular complexity index is 897. The van der Waals surface area contributed by atoms with Crippen molar-refractivity contribution >= 4 is 23.0 Å². The number of para-hydroxylation sites is 1. The Kier molecular flexibility index (Phi) is 5.32. The molecule has 0 saturated carbocycles. The third kappa shape index (κ3) is 4.09. The summed E-state index contributed by atoms with van der Waals surface area (Å²) in [4.78, 5) is 16.7. The van der Waals surface area contributed by atoms with E-state index in [9.17, 15) is 4.79 Å². The van der Waals surface area contributed by atoms with Crippen molar-refractivity contribution in [3.8, 4) is 0 Å². The van der Waals surface area contributed by atoms with Gasteiger partial charge in [0, 0.05) is 17.6 Å². The molecule has 26 heavy (non-hydrogen) atoms. The Balaban J connectivity index is 1.76. The van der Waals surface area contributed by atoms with Crippen LogP contribution in [-0.4, -0.2) is 10.9 Å². The summed E-state index contributed by atoms with van der Waals surface area (Å²) >= 11 is 0. The van der Waals surface area contributed by atoms with E-state index in [4.69, 9.17) is 0 Å². The van der Waals surface area contributed by atoms with Gasteiger partial charge in [-0.2, -0.15) is 0 Å². The van der Waals surface area contributed by atoms with Gasteiger partial charge >= 0.3 is 0 Å². The van der Waals surface area contributed by atoms with Gasteiger partial charge in [-0.15, -0.1) is 0 Å². The summed E-state index contributed by atoms with van der Waals surface area (Å²) < 4.78 is 0. The monoisotopic (exact) mass is 345 g/mol. The zero-order valence-corrected chi connectivity index (χ0v) is 15.3. The lowest BCUT2D eigenvalue weighted by atomic mass is 10.1. The third-order valence-electron chi connectivity index (χ3n) is 4.37. The molecule has 4 nitrogen and oxygen atoms in total. The highest BCUT2D eigenvalue weighted by Gasteiger charge is 2.09. The first-order valence-electron chi connectivity index (χ1n) is 8.75. The molecule has 1 aromatic heterocycles. The van der Waals surface area contributed by atoms with E-state index in [0.29, 0.717) is 5.56 Å². The summed E-state index contributed by atoms with van der Waals surface area (Å²) in [6, 6.07) is 15.8.